The van der Waals surface area contributed by atoms with Crippen LogP contribution in [0.2, 0.25) is 0 Å². The van der Waals surface area contributed by atoms with Gasteiger partial charge in [-0.15, -0.1) is 0 Å². The summed E-state index contributed by atoms with van der Waals surface area (Å²) in [4.78, 5) is 11.6. The lowest BCUT2D eigenvalue weighted by Gasteiger charge is -2.37. The molecule has 1 heterocycles. The summed E-state index contributed by atoms with van der Waals surface area (Å²) in [6.45, 7) is 4.35. The summed E-state index contributed by atoms with van der Waals surface area (Å²) in [5.74, 6) is -0.110. The van der Waals surface area contributed by atoms with Gasteiger partial charge in [-0.1, -0.05) is 6.92 Å². The number of ether oxygens (including phenoxy) is 1. The minimum atomic E-state index is -3.61. The molecule has 8 heteroatoms. The molecule has 1 fully saturated rings. The third kappa shape index (κ3) is 5.50. The molecule has 1 aromatic rings. The van der Waals surface area contributed by atoms with Crippen molar-refractivity contribution in [2.24, 2.45) is 5.41 Å². The number of amides is 1. The Kier molecular flexibility index (Phi) is 6.95. The van der Waals surface area contributed by atoms with E-state index in [4.69, 9.17) is 4.74 Å². The third-order valence-corrected chi connectivity index (χ3v) is 5.94. The van der Waals surface area contributed by atoms with Gasteiger partial charge in [-0.25, -0.2) is 13.1 Å². The second-order valence-corrected chi connectivity index (χ2v) is 8.20. The average molecular weight is 369 g/mol. The zero-order valence-corrected chi connectivity index (χ0v) is 15.6. The average Bonchev–Trinajstić information content (AvgIpc) is 2.62. The smallest absolute Gasteiger partial charge is 0.240 e. The van der Waals surface area contributed by atoms with E-state index in [2.05, 4.69) is 15.4 Å². The molecule has 2 rings (SSSR count). The van der Waals surface area contributed by atoms with Gasteiger partial charge in [0.25, 0.3) is 0 Å². The van der Waals surface area contributed by atoms with E-state index in [-0.39, 0.29) is 16.2 Å². The topological polar surface area (TPSA) is 96.5 Å². The van der Waals surface area contributed by atoms with Gasteiger partial charge in [0.2, 0.25) is 15.9 Å². The van der Waals surface area contributed by atoms with E-state index in [1.165, 1.54) is 12.1 Å². The summed E-state index contributed by atoms with van der Waals surface area (Å²) in [5.41, 5.74) is 0.405. The minimum Gasteiger partial charge on any atom is -0.384 e. The van der Waals surface area contributed by atoms with Gasteiger partial charge in [-0.05, 0) is 50.2 Å². The second kappa shape index (κ2) is 8.75. The normalized spacial score (nSPS) is 17.2. The molecule has 0 aliphatic carbocycles. The molecule has 0 spiro atoms. The van der Waals surface area contributed by atoms with E-state index >= 15 is 0 Å². The monoisotopic (exact) mass is 369 g/mol. The molecule has 25 heavy (non-hydrogen) atoms. The fraction of sp³-hybridized carbons (Fsp3) is 0.588. The maximum Gasteiger partial charge on any atom is 0.240 e. The molecule has 140 valence electrons. The molecule has 1 aromatic carbocycles. The molecule has 0 radical (unpaired) electrons. The fourth-order valence-corrected chi connectivity index (χ4v) is 4.09. The lowest BCUT2D eigenvalue weighted by molar-refractivity contribution is -0.115. The second-order valence-electron chi connectivity index (χ2n) is 6.43. The first kappa shape index (κ1) is 19.8. The SMILES string of the molecule is CCC(=O)Nc1ccc(S(=O)(=O)NCC2(COC)CCNCC2)cc1. The Morgan fingerprint density at radius 1 is 1.24 bits per heavy atom. The fourth-order valence-electron chi connectivity index (χ4n) is 2.93. The summed E-state index contributed by atoms with van der Waals surface area (Å²) in [5, 5.41) is 5.99. The van der Waals surface area contributed by atoms with Crippen molar-refractivity contribution >= 4 is 21.6 Å². The van der Waals surface area contributed by atoms with Crippen molar-refractivity contribution in [3.63, 3.8) is 0 Å². The summed E-state index contributed by atoms with van der Waals surface area (Å²) in [6.07, 6.45) is 2.11. The molecular formula is C17H27N3O4S. The van der Waals surface area contributed by atoms with Gasteiger partial charge >= 0.3 is 0 Å². The molecule has 0 atom stereocenters. The number of piperidine rings is 1. The molecule has 0 bridgehead atoms. The Balaban J connectivity index is 2.03. The lowest BCUT2D eigenvalue weighted by atomic mass is 9.80. The number of nitrogens with one attached hydrogen (secondary N) is 3. The van der Waals surface area contributed by atoms with Crippen LogP contribution in [0.5, 0.6) is 0 Å². The first-order valence-corrected chi connectivity index (χ1v) is 9.98. The van der Waals surface area contributed by atoms with Crippen LogP contribution in [-0.4, -0.2) is 47.7 Å². The summed E-state index contributed by atoms with van der Waals surface area (Å²) >= 11 is 0. The van der Waals surface area contributed by atoms with Crippen LogP contribution in [0.25, 0.3) is 0 Å². The number of sulfonamides is 1. The van der Waals surface area contributed by atoms with Crippen molar-refractivity contribution in [2.45, 2.75) is 31.1 Å². The molecule has 1 saturated heterocycles. The van der Waals surface area contributed by atoms with Crippen LogP contribution in [0.3, 0.4) is 0 Å². The molecule has 0 unspecified atom stereocenters. The van der Waals surface area contributed by atoms with Gasteiger partial charge in [-0.3, -0.25) is 4.79 Å². The highest BCUT2D eigenvalue weighted by molar-refractivity contribution is 7.89. The Bertz CT molecular complexity index is 662. The largest absolute Gasteiger partial charge is 0.384 e. The van der Waals surface area contributed by atoms with Crippen LogP contribution in [0.4, 0.5) is 5.69 Å². The van der Waals surface area contributed by atoms with Crippen molar-refractivity contribution < 1.29 is 17.9 Å². The molecule has 1 amide bonds. The first-order valence-electron chi connectivity index (χ1n) is 8.50. The maximum absolute atomic E-state index is 12.6. The summed E-state index contributed by atoms with van der Waals surface area (Å²) in [7, 11) is -1.97. The number of anilines is 1. The Morgan fingerprint density at radius 3 is 2.44 bits per heavy atom. The molecule has 0 saturated carbocycles. The van der Waals surface area contributed by atoms with Crippen molar-refractivity contribution in [3.8, 4) is 0 Å². The number of methoxy groups -OCH3 is 1. The van der Waals surface area contributed by atoms with Crippen molar-refractivity contribution in [2.75, 3.05) is 38.7 Å². The predicted octanol–water partition coefficient (Wildman–Crippen LogP) is 1.33. The van der Waals surface area contributed by atoms with Gasteiger partial charge in [0.05, 0.1) is 11.5 Å². The Morgan fingerprint density at radius 2 is 1.88 bits per heavy atom. The molecule has 7 nitrogen and oxygen atoms in total. The standard InChI is InChI=1S/C17H27N3O4S/c1-3-16(21)20-14-4-6-15(7-5-14)25(22,23)19-12-17(13-24-2)8-10-18-11-9-17/h4-7,18-19H,3,8-13H2,1-2H3,(H,20,21). The van der Waals surface area contributed by atoms with Gasteiger partial charge < -0.3 is 15.4 Å². The zero-order valence-electron chi connectivity index (χ0n) is 14.8. The Hall–Kier alpha value is -1.48. The van der Waals surface area contributed by atoms with E-state index in [1.807, 2.05) is 0 Å². The maximum atomic E-state index is 12.6. The minimum absolute atomic E-state index is 0.110. The Labute approximate surface area is 149 Å². The van der Waals surface area contributed by atoms with Crippen molar-refractivity contribution in [1.29, 1.82) is 0 Å². The van der Waals surface area contributed by atoms with Crippen molar-refractivity contribution in [3.05, 3.63) is 24.3 Å². The van der Waals surface area contributed by atoms with E-state index in [0.29, 0.717) is 25.3 Å². The lowest BCUT2D eigenvalue weighted by Crippen LogP contribution is -2.47. The van der Waals surface area contributed by atoms with E-state index < -0.39 is 10.0 Å². The number of hydrogen-bond donors (Lipinski definition) is 3. The highest BCUT2D eigenvalue weighted by Gasteiger charge is 2.33. The van der Waals surface area contributed by atoms with Crippen LogP contribution in [0.1, 0.15) is 26.2 Å². The molecule has 0 aromatic heterocycles. The number of rotatable bonds is 8. The predicted molar refractivity (Wildman–Crippen MR) is 97.0 cm³/mol. The molecule has 1 aliphatic rings. The number of carbonyl (C=O) groups excluding carboxylic acids is 1. The molecule has 3 N–H and O–H groups in total. The van der Waals surface area contributed by atoms with Gasteiger partial charge in [-0.2, -0.15) is 0 Å². The number of carbonyl (C=O) groups is 1. The van der Waals surface area contributed by atoms with Gasteiger partial charge in [0.1, 0.15) is 0 Å². The van der Waals surface area contributed by atoms with E-state index in [0.717, 1.165) is 25.9 Å². The zero-order chi connectivity index (χ0) is 18.3. The summed E-state index contributed by atoms with van der Waals surface area (Å²) in [6, 6.07) is 6.19. The van der Waals surface area contributed by atoms with Gasteiger partial charge in [0, 0.05) is 31.2 Å². The summed E-state index contributed by atoms with van der Waals surface area (Å²) < 4.78 is 33.1. The molecule has 1 aliphatic heterocycles. The molecular weight excluding hydrogens is 342 g/mol. The van der Waals surface area contributed by atoms with Crippen LogP contribution in [0.15, 0.2) is 29.2 Å². The number of benzene rings is 1. The van der Waals surface area contributed by atoms with E-state index in [9.17, 15) is 13.2 Å². The van der Waals surface area contributed by atoms with Gasteiger partial charge in [0.15, 0.2) is 0 Å². The highest BCUT2D eigenvalue weighted by atomic mass is 32.2. The van der Waals surface area contributed by atoms with Crippen LogP contribution in [-0.2, 0) is 19.6 Å². The van der Waals surface area contributed by atoms with Crippen LogP contribution >= 0.6 is 0 Å². The van der Waals surface area contributed by atoms with Crippen LogP contribution < -0.4 is 15.4 Å². The number of hydrogen-bond acceptors (Lipinski definition) is 5. The van der Waals surface area contributed by atoms with Crippen LogP contribution in [0, 0.1) is 5.41 Å². The van der Waals surface area contributed by atoms with E-state index in [1.54, 1.807) is 26.2 Å². The first-order chi connectivity index (χ1) is 11.9. The highest BCUT2D eigenvalue weighted by Crippen LogP contribution is 2.29. The van der Waals surface area contributed by atoms with Crippen molar-refractivity contribution in [1.82, 2.24) is 10.0 Å². The third-order valence-electron chi connectivity index (χ3n) is 4.52. The quantitative estimate of drug-likeness (QED) is 0.642.